The quantitative estimate of drug-likeness (QED) is 0.448. The van der Waals surface area contributed by atoms with Gasteiger partial charge in [0.05, 0.1) is 4.92 Å². The Kier molecular flexibility index (Phi) is 6.47. The molecule has 0 aliphatic carbocycles. The molecule has 0 bridgehead atoms. The highest BCUT2D eigenvalue weighted by atomic mass is 16.6. The molecule has 0 spiro atoms. The Morgan fingerprint density at radius 3 is 2.80 bits per heavy atom. The Labute approximate surface area is 118 Å². The normalized spacial score (nSPS) is 11.7. The SMILES string of the molecule is CCCNCc1ccc([N+](=O)[O-])c(OC(C#N)CC)c1. The van der Waals surface area contributed by atoms with Gasteiger partial charge in [-0.05, 0) is 31.0 Å². The van der Waals surface area contributed by atoms with E-state index in [1.807, 2.05) is 6.07 Å². The summed E-state index contributed by atoms with van der Waals surface area (Å²) in [6, 6.07) is 6.72. The second-order valence-corrected chi connectivity index (χ2v) is 4.38. The van der Waals surface area contributed by atoms with Crippen LogP contribution in [-0.4, -0.2) is 17.6 Å². The zero-order valence-corrected chi connectivity index (χ0v) is 11.8. The van der Waals surface area contributed by atoms with E-state index in [4.69, 9.17) is 10.00 Å². The van der Waals surface area contributed by atoms with Gasteiger partial charge in [0.1, 0.15) is 6.07 Å². The lowest BCUT2D eigenvalue weighted by Crippen LogP contribution is -2.15. The number of benzene rings is 1. The highest BCUT2D eigenvalue weighted by Gasteiger charge is 2.18. The molecule has 0 saturated heterocycles. The van der Waals surface area contributed by atoms with Crippen LogP contribution in [0.25, 0.3) is 0 Å². The summed E-state index contributed by atoms with van der Waals surface area (Å²) in [5.74, 6) is 0.152. The van der Waals surface area contributed by atoms with Gasteiger partial charge >= 0.3 is 5.69 Å². The van der Waals surface area contributed by atoms with E-state index in [0.29, 0.717) is 13.0 Å². The maximum absolute atomic E-state index is 11.0. The fourth-order valence-corrected chi connectivity index (χ4v) is 1.68. The standard InChI is InChI=1S/C14H19N3O3/c1-3-7-16-10-11-5-6-13(17(18)19)14(8-11)20-12(4-2)9-15/h5-6,8,12,16H,3-4,7,10H2,1-2H3. The van der Waals surface area contributed by atoms with E-state index in [1.165, 1.54) is 6.07 Å². The smallest absolute Gasteiger partial charge is 0.310 e. The molecule has 20 heavy (non-hydrogen) atoms. The monoisotopic (exact) mass is 277 g/mol. The van der Waals surface area contributed by atoms with Crippen molar-refractivity contribution < 1.29 is 9.66 Å². The summed E-state index contributed by atoms with van der Waals surface area (Å²) in [5.41, 5.74) is 0.782. The van der Waals surface area contributed by atoms with E-state index in [1.54, 1.807) is 19.1 Å². The van der Waals surface area contributed by atoms with E-state index in [0.717, 1.165) is 18.5 Å². The number of ether oxygens (including phenoxy) is 1. The lowest BCUT2D eigenvalue weighted by molar-refractivity contribution is -0.386. The third-order valence-corrected chi connectivity index (χ3v) is 2.76. The van der Waals surface area contributed by atoms with Crippen molar-refractivity contribution in [2.24, 2.45) is 0 Å². The van der Waals surface area contributed by atoms with Crippen LogP contribution in [0.3, 0.4) is 0 Å². The predicted octanol–water partition coefficient (Wildman–Crippen LogP) is 2.78. The summed E-state index contributed by atoms with van der Waals surface area (Å²) in [6.45, 7) is 5.36. The highest BCUT2D eigenvalue weighted by molar-refractivity contribution is 5.48. The summed E-state index contributed by atoms with van der Waals surface area (Å²) in [7, 11) is 0. The molecule has 6 nitrogen and oxygen atoms in total. The van der Waals surface area contributed by atoms with Gasteiger partial charge in [-0.15, -0.1) is 0 Å². The largest absolute Gasteiger partial charge is 0.468 e. The molecule has 0 aliphatic heterocycles. The van der Waals surface area contributed by atoms with E-state index in [2.05, 4.69) is 12.2 Å². The third kappa shape index (κ3) is 4.52. The zero-order chi connectivity index (χ0) is 15.0. The van der Waals surface area contributed by atoms with Crippen LogP contribution in [0.1, 0.15) is 32.3 Å². The maximum Gasteiger partial charge on any atom is 0.310 e. The Hall–Kier alpha value is -2.13. The van der Waals surface area contributed by atoms with Crippen molar-refractivity contribution in [3.63, 3.8) is 0 Å². The van der Waals surface area contributed by atoms with Crippen molar-refractivity contribution in [3.05, 3.63) is 33.9 Å². The molecule has 0 heterocycles. The second-order valence-electron chi connectivity index (χ2n) is 4.38. The minimum Gasteiger partial charge on any atom is -0.468 e. The molecule has 6 heteroatoms. The second kappa shape index (κ2) is 8.12. The molecule has 1 aromatic carbocycles. The van der Waals surface area contributed by atoms with Gasteiger partial charge in [0.25, 0.3) is 0 Å². The van der Waals surface area contributed by atoms with Gasteiger partial charge in [0.15, 0.2) is 11.9 Å². The maximum atomic E-state index is 11.0. The lowest BCUT2D eigenvalue weighted by atomic mass is 10.2. The topological polar surface area (TPSA) is 88.2 Å². The number of hydrogen-bond acceptors (Lipinski definition) is 5. The molecular formula is C14H19N3O3. The number of nitrogens with one attached hydrogen (secondary N) is 1. The van der Waals surface area contributed by atoms with E-state index >= 15 is 0 Å². The van der Waals surface area contributed by atoms with Crippen LogP contribution in [-0.2, 0) is 6.54 Å². The Morgan fingerprint density at radius 2 is 2.25 bits per heavy atom. The summed E-state index contributed by atoms with van der Waals surface area (Å²) in [4.78, 5) is 10.5. The van der Waals surface area contributed by atoms with Gasteiger partial charge in [0.2, 0.25) is 0 Å². The molecule has 1 rings (SSSR count). The number of nitro benzene ring substituents is 1. The Bertz CT molecular complexity index is 497. The van der Waals surface area contributed by atoms with Crippen LogP contribution in [0.4, 0.5) is 5.69 Å². The van der Waals surface area contributed by atoms with E-state index < -0.39 is 11.0 Å². The van der Waals surface area contributed by atoms with Gasteiger partial charge in [-0.1, -0.05) is 19.9 Å². The molecule has 1 N–H and O–H groups in total. The summed E-state index contributed by atoms with van der Waals surface area (Å²) in [6.07, 6.45) is 0.821. The number of nitrogens with zero attached hydrogens (tertiary/aromatic N) is 2. The van der Waals surface area contributed by atoms with Crippen molar-refractivity contribution in [2.45, 2.75) is 39.3 Å². The number of nitro groups is 1. The fourth-order valence-electron chi connectivity index (χ4n) is 1.68. The Balaban J connectivity index is 2.94. The van der Waals surface area contributed by atoms with Crippen LogP contribution in [0.2, 0.25) is 0 Å². The molecule has 1 atom stereocenters. The first kappa shape index (κ1) is 15.9. The molecule has 0 saturated carbocycles. The van der Waals surface area contributed by atoms with Crippen molar-refractivity contribution in [2.75, 3.05) is 6.54 Å². The first-order chi connectivity index (χ1) is 9.62. The summed E-state index contributed by atoms with van der Waals surface area (Å²) < 4.78 is 5.42. The highest BCUT2D eigenvalue weighted by Crippen LogP contribution is 2.29. The predicted molar refractivity (Wildman–Crippen MR) is 75.4 cm³/mol. The average molecular weight is 277 g/mol. The molecule has 0 aliphatic rings. The minimum absolute atomic E-state index is 0.113. The molecular weight excluding hydrogens is 258 g/mol. The van der Waals surface area contributed by atoms with Gasteiger partial charge in [-0.2, -0.15) is 5.26 Å². The van der Waals surface area contributed by atoms with Crippen LogP contribution in [0.5, 0.6) is 5.75 Å². The molecule has 108 valence electrons. The summed E-state index contributed by atoms with van der Waals surface area (Å²) in [5, 5.41) is 23.1. The average Bonchev–Trinajstić information content (AvgIpc) is 2.45. The van der Waals surface area contributed by atoms with Crippen molar-refractivity contribution in [3.8, 4) is 11.8 Å². The first-order valence-electron chi connectivity index (χ1n) is 6.66. The van der Waals surface area contributed by atoms with E-state index in [9.17, 15) is 10.1 Å². The molecule has 0 aromatic heterocycles. The van der Waals surface area contributed by atoms with Crippen LogP contribution < -0.4 is 10.1 Å². The third-order valence-electron chi connectivity index (χ3n) is 2.76. The number of nitriles is 1. The van der Waals surface area contributed by atoms with Crippen LogP contribution in [0.15, 0.2) is 18.2 Å². The molecule has 0 radical (unpaired) electrons. The van der Waals surface area contributed by atoms with E-state index in [-0.39, 0.29) is 11.4 Å². The molecule has 0 fully saturated rings. The van der Waals surface area contributed by atoms with Crippen molar-refractivity contribution in [1.29, 1.82) is 5.26 Å². The molecule has 1 aromatic rings. The van der Waals surface area contributed by atoms with Gasteiger partial charge in [-0.25, -0.2) is 0 Å². The number of hydrogen-bond donors (Lipinski definition) is 1. The van der Waals surface area contributed by atoms with Crippen molar-refractivity contribution in [1.82, 2.24) is 5.32 Å². The Morgan fingerprint density at radius 1 is 1.50 bits per heavy atom. The van der Waals surface area contributed by atoms with Gasteiger partial charge in [-0.3, -0.25) is 10.1 Å². The fraction of sp³-hybridized carbons (Fsp3) is 0.500. The zero-order valence-electron chi connectivity index (χ0n) is 11.8. The van der Waals surface area contributed by atoms with Gasteiger partial charge in [0, 0.05) is 12.6 Å². The molecule has 0 amide bonds. The van der Waals surface area contributed by atoms with Gasteiger partial charge < -0.3 is 10.1 Å². The van der Waals surface area contributed by atoms with Crippen LogP contribution in [0, 0.1) is 21.4 Å². The number of rotatable bonds is 8. The summed E-state index contributed by atoms with van der Waals surface area (Å²) >= 11 is 0. The minimum atomic E-state index is -0.674. The molecule has 1 unspecified atom stereocenters. The van der Waals surface area contributed by atoms with Crippen LogP contribution >= 0.6 is 0 Å². The lowest BCUT2D eigenvalue weighted by Gasteiger charge is -2.12. The van der Waals surface area contributed by atoms with Crippen molar-refractivity contribution >= 4 is 5.69 Å². The first-order valence-corrected chi connectivity index (χ1v) is 6.66.